The van der Waals surface area contributed by atoms with Crippen molar-refractivity contribution in [3.05, 3.63) is 71.8 Å². The fourth-order valence-corrected chi connectivity index (χ4v) is 1.74. The van der Waals surface area contributed by atoms with E-state index in [-0.39, 0.29) is 0 Å². The minimum atomic E-state index is -4.31. The lowest BCUT2D eigenvalue weighted by molar-refractivity contribution is -0.137. The first-order chi connectivity index (χ1) is 9.55. The largest absolute Gasteiger partial charge is 0.416 e. The van der Waals surface area contributed by atoms with Crippen LogP contribution < -0.4 is 5.32 Å². The zero-order chi connectivity index (χ0) is 14.4. The molecule has 0 unspecified atom stereocenters. The summed E-state index contributed by atoms with van der Waals surface area (Å²) in [5.74, 6) is 0. The van der Waals surface area contributed by atoms with E-state index in [2.05, 4.69) is 5.32 Å². The fourth-order valence-electron chi connectivity index (χ4n) is 1.74. The molecule has 20 heavy (non-hydrogen) atoms. The van der Waals surface area contributed by atoms with Gasteiger partial charge in [0.25, 0.3) is 0 Å². The van der Waals surface area contributed by atoms with Crippen LogP contribution in [0.1, 0.15) is 11.1 Å². The SMILES string of the molecule is FC(F)(F)c1cccc(NCC=Cc2ccccc2)c1. The molecule has 0 saturated heterocycles. The Balaban J connectivity index is 1.93. The zero-order valence-corrected chi connectivity index (χ0v) is 10.7. The summed E-state index contributed by atoms with van der Waals surface area (Å²) < 4.78 is 37.6. The minimum absolute atomic E-state index is 0.456. The van der Waals surface area contributed by atoms with Gasteiger partial charge in [0.2, 0.25) is 0 Å². The molecule has 4 heteroatoms. The van der Waals surface area contributed by atoms with Crippen molar-refractivity contribution in [3.63, 3.8) is 0 Å². The number of hydrogen-bond acceptors (Lipinski definition) is 1. The predicted molar refractivity (Wildman–Crippen MR) is 75.4 cm³/mol. The van der Waals surface area contributed by atoms with Crippen molar-refractivity contribution in [2.24, 2.45) is 0 Å². The molecule has 0 saturated carbocycles. The Morgan fingerprint density at radius 2 is 1.70 bits per heavy atom. The highest BCUT2D eigenvalue weighted by molar-refractivity contribution is 5.51. The molecule has 0 atom stereocenters. The maximum atomic E-state index is 12.5. The third-order valence-corrected chi connectivity index (χ3v) is 2.72. The van der Waals surface area contributed by atoms with Crippen LogP contribution in [0.25, 0.3) is 6.08 Å². The normalized spacial score (nSPS) is 11.8. The van der Waals surface area contributed by atoms with E-state index in [0.29, 0.717) is 12.2 Å². The number of rotatable bonds is 4. The van der Waals surface area contributed by atoms with Gasteiger partial charge in [-0.1, -0.05) is 48.6 Å². The van der Waals surface area contributed by atoms with Crippen molar-refractivity contribution in [3.8, 4) is 0 Å². The maximum Gasteiger partial charge on any atom is 0.416 e. The van der Waals surface area contributed by atoms with Gasteiger partial charge in [0.15, 0.2) is 0 Å². The summed E-state index contributed by atoms with van der Waals surface area (Å²) in [7, 11) is 0. The smallest absolute Gasteiger partial charge is 0.382 e. The molecule has 0 bridgehead atoms. The van der Waals surface area contributed by atoms with Crippen molar-refractivity contribution in [2.75, 3.05) is 11.9 Å². The Morgan fingerprint density at radius 1 is 0.950 bits per heavy atom. The second-order valence-corrected chi connectivity index (χ2v) is 4.27. The third-order valence-electron chi connectivity index (χ3n) is 2.72. The first-order valence-electron chi connectivity index (χ1n) is 6.18. The summed E-state index contributed by atoms with van der Waals surface area (Å²) in [5.41, 5.74) is 0.866. The monoisotopic (exact) mass is 277 g/mol. The molecule has 0 radical (unpaired) electrons. The summed E-state index contributed by atoms with van der Waals surface area (Å²) in [6.07, 6.45) is -0.520. The first-order valence-corrected chi connectivity index (χ1v) is 6.18. The number of hydrogen-bond donors (Lipinski definition) is 1. The molecule has 0 aliphatic carbocycles. The van der Waals surface area contributed by atoms with E-state index in [9.17, 15) is 13.2 Å². The summed E-state index contributed by atoms with van der Waals surface area (Å²) in [5, 5.41) is 2.94. The van der Waals surface area contributed by atoms with Crippen molar-refractivity contribution >= 4 is 11.8 Å². The fraction of sp³-hybridized carbons (Fsp3) is 0.125. The Hall–Kier alpha value is -2.23. The molecular formula is C16H14F3N. The molecule has 0 aromatic heterocycles. The van der Waals surface area contributed by atoms with Crippen molar-refractivity contribution < 1.29 is 13.2 Å². The number of benzene rings is 2. The van der Waals surface area contributed by atoms with Crippen LogP contribution in [0.4, 0.5) is 18.9 Å². The van der Waals surface area contributed by atoms with Gasteiger partial charge in [-0.3, -0.25) is 0 Å². The Kier molecular flexibility index (Phi) is 4.45. The summed E-state index contributed by atoms with van der Waals surface area (Å²) in [6.45, 7) is 0.468. The van der Waals surface area contributed by atoms with Gasteiger partial charge < -0.3 is 5.32 Å². The number of nitrogens with one attached hydrogen (secondary N) is 1. The molecule has 0 aliphatic heterocycles. The van der Waals surface area contributed by atoms with E-state index in [1.807, 2.05) is 42.5 Å². The van der Waals surface area contributed by atoms with Crippen LogP contribution >= 0.6 is 0 Å². The average molecular weight is 277 g/mol. The molecule has 2 aromatic carbocycles. The van der Waals surface area contributed by atoms with Crippen LogP contribution in [0.15, 0.2) is 60.7 Å². The van der Waals surface area contributed by atoms with Crippen LogP contribution in [0.2, 0.25) is 0 Å². The standard InChI is InChI=1S/C16H14F3N/c17-16(18,19)14-9-4-10-15(12-14)20-11-5-8-13-6-2-1-3-7-13/h1-10,12,20H,11H2. The molecule has 0 heterocycles. The molecule has 2 rings (SSSR count). The Bertz CT molecular complexity index is 574. The molecule has 0 amide bonds. The second-order valence-electron chi connectivity index (χ2n) is 4.27. The highest BCUT2D eigenvalue weighted by Gasteiger charge is 2.30. The first kappa shape index (κ1) is 14.2. The summed E-state index contributed by atoms with van der Waals surface area (Å²) >= 11 is 0. The van der Waals surface area contributed by atoms with Crippen LogP contribution in [0.3, 0.4) is 0 Å². The molecule has 0 aliphatic rings. The molecule has 1 N–H and O–H groups in total. The van der Waals surface area contributed by atoms with Crippen molar-refractivity contribution in [1.82, 2.24) is 0 Å². The molecule has 104 valence electrons. The van der Waals surface area contributed by atoms with Gasteiger partial charge in [-0.15, -0.1) is 0 Å². The lowest BCUT2D eigenvalue weighted by Crippen LogP contribution is -2.06. The maximum absolute atomic E-state index is 12.5. The topological polar surface area (TPSA) is 12.0 Å². The van der Waals surface area contributed by atoms with Crippen LogP contribution in [-0.2, 0) is 6.18 Å². The van der Waals surface area contributed by atoms with Gasteiger partial charge >= 0.3 is 6.18 Å². The minimum Gasteiger partial charge on any atom is -0.382 e. The van der Waals surface area contributed by atoms with Gasteiger partial charge in [0.1, 0.15) is 0 Å². The Morgan fingerprint density at radius 3 is 2.40 bits per heavy atom. The van der Waals surface area contributed by atoms with E-state index in [0.717, 1.165) is 17.7 Å². The lowest BCUT2D eigenvalue weighted by Gasteiger charge is -2.09. The van der Waals surface area contributed by atoms with Gasteiger partial charge in [-0.2, -0.15) is 13.2 Å². The molecular weight excluding hydrogens is 263 g/mol. The predicted octanol–water partition coefficient (Wildman–Crippen LogP) is 4.83. The quantitative estimate of drug-likeness (QED) is 0.844. The average Bonchev–Trinajstić information content (AvgIpc) is 2.44. The van der Waals surface area contributed by atoms with Gasteiger partial charge in [-0.25, -0.2) is 0 Å². The van der Waals surface area contributed by atoms with Crippen LogP contribution in [0.5, 0.6) is 0 Å². The number of alkyl halides is 3. The molecule has 1 nitrogen and oxygen atoms in total. The van der Waals surface area contributed by atoms with E-state index in [4.69, 9.17) is 0 Å². The van der Waals surface area contributed by atoms with E-state index < -0.39 is 11.7 Å². The van der Waals surface area contributed by atoms with Crippen molar-refractivity contribution in [1.29, 1.82) is 0 Å². The van der Waals surface area contributed by atoms with Crippen molar-refractivity contribution in [2.45, 2.75) is 6.18 Å². The van der Waals surface area contributed by atoms with Gasteiger partial charge in [0, 0.05) is 12.2 Å². The third kappa shape index (κ3) is 4.16. The second kappa shape index (κ2) is 6.28. The number of anilines is 1. The highest BCUT2D eigenvalue weighted by Crippen LogP contribution is 2.30. The Labute approximate surface area is 115 Å². The number of halogens is 3. The van der Waals surface area contributed by atoms with E-state index in [1.165, 1.54) is 6.07 Å². The van der Waals surface area contributed by atoms with Crippen LogP contribution in [-0.4, -0.2) is 6.54 Å². The summed E-state index contributed by atoms with van der Waals surface area (Å²) in [6, 6.07) is 14.9. The highest BCUT2D eigenvalue weighted by atomic mass is 19.4. The van der Waals surface area contributed by atoms with E-state index in [1.54, 1.807) is 6.07 Å². The molecule has 0 spiro atoms. The zero-order valence-electron chi connectivity index (χ0n) is 10.7. The van der Waals surface area contributed by atoms with Gasteiger partial charge in [0.05, 0.1) is 5.56 Å². The lowest BCUT2D eigenvalue weighted by atomic mass is 10.2. The van der Waals surface area contributed by atoms with Gasteiger partial charge in [-0.05, 0) is 23.8 Å². The molecule has 2 aromatic rings. The van der Waals surface area contributed by atoms with E-state index >= 15 is 0 Å². The molecule has 0 fully saturated rings. The summed E-state index contributed by atoms with van der Waals surface area (Å²) in [4.78, 5) is 0. The van der Waals surface area contributed by atoms with Crippen LogP contribution in [0, 0.1) is 0 Å².